The van der Waals surface area contributed by atoms with Gasteiger partial charge in [0.15, 0.2) is 34.4 Å². The third-order valence-corrected chi connectivity index (χ3v) is 11.1. The molecule has 1 unspecified atom stereocenters. The van der Waals surface area contributed by atoms with E-state index in [1.807, 2.05) is 110 Å². The van der Waals surface area contributed by atoms with Gasteiger partial charge in [-0.05, 0) is 80.3 Å². The first-order chi connectivity index (χ1) is 34.0. The zero-order valence-corrected chi connectivity index (χ0v) is 40.4. The molecule has 0 radical (unpaired) electrons. The predicted octanol–water partition coefficient (Wildman–Crippen LogP) is 7.68. The Morgan fingerprint density at radius 3 is 1.49 bits per heavy atom. The number of alkyl halides is 1. The van der Waals surface area contributed by atoms with E-state index in [4.69, 9.17) is 36.7 Å². The standard InChI is InChI=1S/C18H17ClN2O2.C18H18N2O3.C12H12N2O.C6H8O3.H2O/c1-13-15(9-10-19)18(22)21-11-5-8-16(17(21)20-13)23-12-14-6-3-2-4-7-14;1-13-15(9-11-21)18(22)20-10-5-8-16(17(20)19-13)23-12-14-6-3-2-4-7-14;13-12-11(7-4-8-14-12)15-9-10-5-2-1-3-6-10;1-4(7)5-2-3-9-6(5)8;/h2-8,11H,9-10,12H2,1H3;2-8,10,21H,9,11-12H2,1H3;1-8H,9H2,(H2,13,14);5H,2-3H2,1H3;1H2/p-1. The average molecular weight is 985 g/mol. The van der Waals surface area contributed by atoms with Gasteiger partial charge in [0.25, 0.3) is 11.1 Å². The highest BCUT2D eigenvalue weighted by atomic mass is 35.5. The van der Waals surface area contributed by atoms with Gasteiger partial charge in [0, 0.05) is 66.4 Å². The van der Waals surface area contributed by atoms with Crippen LogP contribution in [0.25, 0.3) is 11.3 Å². The highest BCUT2D eigenvalue weighted by Gasteiger charge is 2.30. The number of ketones is 1. The molecule has 71 heavy (non-hydrogen) atoms. The number of Topliss-reactive ketones (excluding diaryl/α,β-unsaturated/α-hetero) is 1. The molecule has 1 fully saturated rings. The molecule has 0 bridgehead atoms. The first-order valence-corrected chi connectivity index (χ1v) is 23.1. The molecule has 1 aliphatic heterocycles. The SMILES string of the molecule is CC(=O)C1CCOC1=O.Cc1nc2c(OCc3ccccc3)cccn2c(=O)c1CCCl.Cc1nc2c(OCc3ccccc3)cccn2c(=O)c1CCO.Nc1ncccc1OCc1ccccc1.[OH-]. The summed E-state index contributed by atoms with van der Waals surface area (Å²) in [4.78, 5) is 59.2. The van der Waals surface area contributed by atoms with Gasteiger partial charge in [0.1, 0.15) is 31.5 Å². The summed E-state index contributed by atoms with van der Waals surface area (Å²) in [6.07, 6.45) is 6.39. The number of nitrogens with zero attached hydrogens (tertiary/aromatic N) is 5. The Balaban J connectivity index is 0.000000184. The Hall–Kier alpha value is -7.92. The second-order valence-electron chi connectivity index (χ2n) is 15.8. The van der Waals surface area contributed by atoms with Gasteiger partial charge in [-0.3, -0.25) is 28.0 Å². The first-order valence-electron chi connectivity index (χ1n) is 22.5. The van der Waals surface area contributed by atoms with Crippen molar-refractivity contribution in [2.24, 2.45) is 5.92 Å². The van der Waals surface area contributed by atoms with E-state index in [-0.39, 0.29) is 35.0 Å². The molecule has 1 aliphatic rings. The number of aliphatic hydroxyl groups is 1. The summed E-state index contributed by atoms with van der Waals surface area (Å²) in [5, 5.41) is 9.10. The number of benzene rings is 3. The van der Waals surface area contributed by atoms with Crippen molar-refractivity contribution in [3.05, 3.63) is 206 Å². The highest BCUT2D eigenvalue weighted by molar-refractivity contribution is 6.18. The van der Waals surface area contributed by atoms with E-state index >= 15 is 0 Å². The summed E-state index contributed by atoms with van der Waals surface area (Å²) in [6, 6.07) is 40.4. The number of anilines is 1. The van der Waals surface area contributed by atoms with Gasteiger partial charge in [-0.25, -0.2) is 15.0 Å². The molecule has 17 heteroatoms. The number of cyclic esters (lactones) is 1. The number of hydrogen-bond donors (Lipinski definition) is 2. The number of halogens is 1. The van der Waals surface area contributed by atoms with Crippen molar-refractivity contribution in [1.29, 1.82) is 0 Å². The van der Waals surface area contributed by atoms with Gasteiger partial charge >= 0.3 is 5.97 Å². The second-order valence-corrected chi connectivity index (χ2v) is 16.2. The zero-order chi connectivity index (χ0) is 49.8. The van der Waals surface area contributed by atoms with Gasteiger partial charge in [0.2, 0.25) is 0 Å². The number of carbonyl (C=O) groups is 2. The van der Waals surface area contributed by atoms with Crippen LogP contribution in [-0.4, -0.2) is 65.2 Å². The fourth-order valence-electron chi connectivity index (χ4n) is 7.16. The lowest BCUT2D eigenvalue weighted by molar-refractivity contribution is -0.144. The lowest BCUT2D eigenvalue weighted by Gasteiger charge is -2.12. The summed E-state index contributed by atoms with van der Waals surface area (Å²) in [5.41, 5.74) is 12.2. The third-order valence-electron chi connectivity index (χ3n) is 10.9. The Labute approximate surface area is 415 Å². The van der Waals surface area contributed by atoms with Crippen molar-refractivity contribution in [2.45, 2.75) is 59.9 Å². The summed E-state index contributed by atoms with van der Waals surface area (Å²) in [5.74, 6) is 1.69. The average Bonchev–Trinajstić information content (AvgIpc) is 3.83. The van der Waals surface area contributed by atoms with Crippen LogP contribution in [0, 0.1) is 19.8 Å². The third kappa shape index (κ3) is 15.0. The molecular weight excluding hydrogens is 928 g/mol. The lowest BCUT2D eigenvalue weighted by Crippen LogP contribution is -2.22. The van der Waals surface area contributed by atoms with Gasteiger partial charge in [-0.15, -0.1) is 11.6 Å². The van der Waals surface area contributed by atoms with Crippen molar-refractivity contribution in [3.63, 3.8) is 0 Å². The monoisotopic (exact) mass is 983 g/mol. The number of aromatic nitrogens is 5. The molecule has 0 amide bonds. The zero-order valence-electron chi connectivity index (χ0n) is 39.6. The number of aryl methyl sites for hydroxylation is 2. The van der Waals surface area contributed by atoms with Crippen LogP contribution in [0.4, 0.5) is 5.82 Å². The van der Waals surface area contributed by atoms with Crippen LogP contribution in [-0.2, 0) is 47.0 Å². The molecule has 1 atom stereocenters. The van der Waals surface area contributed by atoms with E-state index in [1.165, 1.54) is 15.7 Å². The van der Waals surface area contributed by atoms with Crippen LogP contribution in [0.15, 0.2) is 156 Å². The second kappa shape index (κ2) is 27.3. The van der Waals surface area contributed by atoms with E-state index in [9.17, 15) is 19.2 Å². The van der Waals surface area contributed by atoms with Crippen molar-refractivity contribution in [3.8, 4) is 17.2 Å². The van der Waals surface area contributed by atoms with Gasteiger partial charge in [-0.1, -0.05) is 91.0 Å². The fraction of sp³-hybridized carbons (Fsp3) is 0.241. The minimum atomic E-state index is -0.468. The van der Waals surface area contributed by atoms with Crippen molar-refractivity contribution >= 4 is 40.5 Å². The van der Waals surface area contributed by atoms with E-state index in [0.717, 1.165) is 16.7 Å². The molecule has 3 aromatic carbocycles. The number of hydrogen-bond acceptors (Lipinski definition) is 14. The fourth-order valence-corrected chi connectivity index (χ4v) is 7.35. The molecule has 370 valence electrons. The topological polar surface area (TPSA) is 229 Å². The first kappa shape index (κ1) is 54.0. The number of aliphatic hydroxyl groups excluding tert-OH is 1. The van der Waals surface area contributed by atoms with E-state index in [2.05, 4.69) is 19.7 Å². The largest absolute Gasteiger partial charge is 0.870 e. The van der Waals surface area contributed by atoms with Gasteiger partial charge in [0.05, 0.1) is 6.61 Å². The predicted molar refractivity (Wildman–Crippen MR) is 270 cm³/mol. The number of fused-ring (bicyclic) bond motifs is 2. The van der Waals surface area contributed by atoms with Crippen LogP contribution < -0.4 is 31.1 Å². The molecule has 4 N–H and O–H groups in total. The van der Waals surface area contributed by atoms with Crippen molar-refractivity contribution in [1.82, 2.24) is 23.8 Å². The van der Waals surface area contributed by atoms with Crippen LogP contribution in [0.1, 0.15) is 52.5 Å². The molecule has 0 spiro atoms. The van der Waals surface area contributed by atoms with Crippen molar-refractivity contribution in [2.75, 3.05) is 24.8 Å². The smallest absolute Gasteiger partial charge is 0.316 e. The lowest BCUT2D eigenvalue weighted by atomic mass is 10.1. The van der Waals surface area contributed by atoms with Crippen LogP contribution in [0.5, 0.6) is 17.2 Å². The molecule has 6 heterocycles. The van der Waals surface area contributed by atoms with Crippen LogP contribution >= 0.6 is 11.6 Å². The summed E-state index contributed by atoms with van der Waals surface area (Å²) < 4.78 is 24.8. The van der Waals surface area contributed by atoms with Crippen LogP contribution in [0.2, 0.25) is 0 Å². The van der Waals surface area contributed by atoms with E-state index in [1.54, 1.807) is 49.8 Å². The summed E-state index contributed by atoms with van der Waals surface area (Å²) in [7, 11) is 0. The van der Waals surface area contributed by atoms with Gasteiger partial charge < -0.3 is 35.3 Å². The molecule has 16 nitrogen and oxygen atoms in total. The number of nitrogen functional groups attached to an aromatic ring is 1. The quantitative estimate of drug-likeness (QED) is 0.0605. The Morgan fingerprint density at radius 1 is 0.676 bits per heavy atom. The molecule has 0 saturated carbocycles. The highest BCUT2D eigenvalue weighted by Crippen LogP contribution is 2.22. The number of pyridine rings is 3. The maximum absolute atomic E-state index is 12.6. The van der Waals surface area contributed by atoms with E-state index in [0.29, 0.717) is 108 Å². The molecular formula is C54H56ClN6O10-. The molecule has 8 aromatic rings. The molecule has 5 aromatic heterocycles. The normalized spacial score (nSPS) is 12.4. The Kier molecular flexibility index (Phi) is 20.8. The van der Waals surface area contributed by atoms with Crippen molar-refractivity contribution < 1.29 is 39.1 Å². The summed E-state index contributed by atoms with van der Waals surface area (Å²) in [6.45, 7) is 6.70. The maximum Gasteiger partial charge on any atom is 0.316 e. The van der Waals surface area contributed by atoms with Crippen LogP contribution in [0.3, 0.4) is 0 Å². The minimum absolute atomic E-state index is 0. The Morgan fingerprint density at radius 2 is 1.11 bits per heavy atom. The van der Waals surface area contributed by atoms with Gasteiger partial charge in [-0.2, -0.15) is 0 Å². The summed E-state index contributed by atoms with van der Waals surface area (Å²) >= 11 is 5.78. The molecule has 1 saturated heterocycles. The minimum Gasteiger partial charge on any atom is -0.870 e. The number of carbonyl (C=O) groups excluding carboxylic acids is 2. The number of esters is 1. The maximum atomic E-state index is 12.6. The number of nitrogens with two attached hydrogens (primary N) is 1. The number of rotatable bonds is 14. The van der Waals surface area contributed by atoms with E-state index < -0.39 is 5.92 Å². The Bertz CT molecular complexity index is 2950. The molecule has 9 rings (SSSR count). The number of ether oxygens (including phenoxy) is 4. The molecule has 0 aliphatic carbocycles.